The molecule has 0 amide bonds. The first-order chi connectivity index (χ1) is 13.3. The van der Waals surface area contributed by atoms with Crippen LogP contribution in [0.2, 0.25) is 0 Å². The first-order valence-electron chi connectivity index (χ1n) is 9.63. The lowest BCUT2D eigenvalue weighted by Gasteiger charge is -2.18. The minimum atomic E-state index is -3.76. The Balaban J connectivity index is 1.95. The third-order valence-electron chi connectivity index (χ3n) is 4.77. The molecule has 0 bridgehead atoms. The van der Waals surface area contributed by atoms with Crippen molar-refractivity contribution in [3.05, 3.63) is 59.7 Å². The number of hydrogen-bond acceptors (Lipinski definition) is 5. The lowest BCUT2D eigenvalue weighted by molar-refractivity contribution is 0.175. The van der Waals surface area contributed by atoms with Crippen LogP contribution in [-0.2, 0) is 23.0 Å². The van der Waals surface area contributed by atoms with Crippen LogP contribution in [-0.4, -0.2) is 32.7 Å². The number of aliphatic hydroxyl groups excluding tert-OH is 1. The second-order valence-corrected chi connectivity index (χ2v) is 8.90. The van der Waals surface area contributed by atoms with Gasteiger partial charge in [-0.05, 0) is 35.6 Å². The largest absolute Gasteiger partial charge is 0.398 e. The Bertz CT molecular complexity index is 841. The lowest BCUT2D eigenvalue weighted by atomic mass is 9.98. The van der Waals surface area contributed by atoms with Gasteiger partial charge in [-0.2, -0.15) is 0 Å². The first-order valence-corrected chi connectivity index (χ1v) is 11.1. The van der Waals surface area contributed by atoms with Gasteiger partial charge in [-0.15, -0.1) is 0 Å². The van der Waals surface area contributed by atoms with Gasteiger partial charge in [0.2, 0.25) is 10.0 Å². The number of benzene rings is 2. The fourth-order valence-electron chi connectivity index (χ4n) is 2.88. The Hall–Kier alpha value is -1.93. The number of nitrogen functional groups attached to an aromatic ring is 1. The van der Waals surface area contributed by atoms with Gasteiger partial charge in [0, 0.05) is 25.3 Å². The van der Waals surface area contributed by atoms with Crippen LogP contribution in [0.3, 0.4) is 0 Å². The van der Waals surface area contributed by atoms with E-state index in [1.165, 1.54) is 0 Å². The predicted molar refractivity (Wildman–Crippen MR) is 113 cm³/mol. The number of sulfonamides is 1. The van der Waals surface area contributed by atoms with Gasteiger partial charge in [0.1, 0.15) is 0 Å². The Morgan fingerprint density at radius 2 is 1.79 bits per heavy atom. The molecule has 0 radical (unpaired) electrons. The molecule has 2 aromatic rings. The molecule has 7 heteroatoms. The summed E-state index contributed by atoms with van der Waals surface area (Å²) in [6, 6.07) is 14.7. The highest BCUT2D eigenvalue weighted by atomic mass is 32.2. The molecular formula is C21H31N3O3S. The topological polar surface area (TPSA) is 104 Å². The molecule has 0 aliphatic rings. The van der Waals surface area contributed by atoms with Crippen LogP contribution in [0.25, 0.3) is 0 Å². The summed E-state index contributed by atoms with van der Waals surface area (Å²) in [5, 5.41) is 13.3. The number of nitrogens with two attached hydrogens (primary N) is 1. The van der Waals surface area contributed by atoms with Gasteiger partial charge in [0.05, 0.1) is 11.0 Å². The minimum absolute atomic E-state index is 0.0678. The van der Waals surface area contributed by atoms with Crippen molar-refractivity contribution in [3.8, 4) is 0 Å². The average Bonchev–Trinajstić information content (AvgIpc) is 2.68. The standard InChI is InChI=1S/C21H31N3O3S/c1-3-16(2)12-19-20(22)10-7-11-21(19)28(26,27)24-15-18(25)14-23-13-17-8-5-4-6-9-17/h4-11,16,18,23-25H,3,12-15,22H2,1-2H3/t16?,18-/m1/s1. The van der Waals surface area contributed by atoms with Crippen molar-refractivity contribution in [2.45, 2.75) is 44.2 Å². The molecule has 2 aromatic carbocycles. The van der Waals surface area contributed by atoms with E-state index in [0.717, 1.165) is 12.0 Å². The Morgan fingerprint density at radius 1 is 1.07 bits per heavy atom. The summed E-state index contributed by atoms with van der Waals surface area (Å²) in [4.78, 5) is 0.192. The number of rotatable bonds is 11. The van der Waals surface area contributed by atoms with Gasteiger partial charge in [0.15, 0.2) is 0 Å². The summed E-state index contributed by atoms with van der Waals surface area (Å²) < 4.78 is 28.1. The molecule has 0 saturated heterocycles. The zero-order valence-corrected chi connectivity index (χ0v) is 17.4. The fourth-order valence-corrected chi connectivity index (χ4v) is 4.23. The van der Waals surface area contributed by atoms with E-state index in [0.29, 0.717) is 30.1 Å². The van der Waals surface area contributed by atoms with Crippen LogP contribution in [0.4, 0.5) is 5.69 Å². The van der Waals surface area contributed by atoms with E-state index in [9.17, 15) is 13.5 Å². The third kappa shape index (κ3) is 6.60. The molecule has 28 heavy (non-hydrogen) atoms. The highest BCUT2D eigenvalue weighted by Gasteiger charge is 2.22. The second-order valence-electron chi connectivity index (χ2n) is 7.16. The summed E-state index contributed by atoms with van der Waals surface area (Å²) in [7, 11) is -3.76. The Kier molecular flexibility index (Phi) is 8.44. The second kappa shape index (κ2) is 10.6. The quantitative estimate of drug-likeness (QED) is 0.429. The average molecular weight is 406 g/mol. The first kappa shape index (κ1) is 22.4. The molecule has 5 N–H and O–H groups in total. The monoisotopic (exact) mass is 405 g/mol. The van der Waals surface area contributed by atoms with Crippen molar-refractivity contribution in [2.75, 3.05) is 18.8 Å². The van der Waals surface area contributed by atoms with E-state index in [1.807, 2.05) is 30.3 Å². The van der Waals surface area contributed by atoms with Crippen LogP contribution >= 0.6 is 0 Å². The van der Waals surface area contributed by atoms with Crippen LogP contribution in [0, 0.1) is 5.92 Å². The summed E-state index contributed by atoms with van der Waals surface area (Å²) in [5.74, 6) is 0.325. The molecule has 0 fully saturated rings. The number of hydrogen-bond donors (Lipinski definition) is 4. The molecule has 0 aliphatic heterocycles. The van der Waals surface area contributed by atoms with Gasteiger partial charge in [0.25, 0.3) is 0 Å². The van der Waals surface area contributed by atoms with Gasteiger partial charge in [-0.1, -0.05) is 56.7 Å². The Labute approximate surface area is 168 Å². The van der Waals surface area contributed by atoms with E-state index >= 15 is 0 Å². The van der Waals surface area contributed by atoms with E-state index in [2.05, 4.69) is 23.9 Å². The van der Waals surface area contributed by atoms with Crippen molar-refractivity contribution in [1.29, 1.82) is 0 Å². The zero-order valence-electron chi connectivity index (χ0n) is 16.6. The van der Waals surface area contributed by atoms with Gasteiger partial charge < -0.3 is 16.2 Å². The summed E-state index contributed by atoms with van der Waals surface area (Å²) in [5.41, 5.74) is 8.27. The van der Waals surface area contributed by atoms with E-state index in [1.54, 1.807) is 18.2 Å². The molecule has 1 unspecified atom stereocenters. The maximum atomic E-state index is 12.8. The van der Waals surface area contributed by atoms with Crippen LogP contribution in [0.5, 0.6) is 0 Å². The molecule has 2 atom stereocenters. The van der Waals surface area contributed by atoms with Crippen molar-refractivity contribution in [1.82, 2.24) is 10.0 Å². The van der Waals surface area contributed by atoms with Crippen molar-refractivity contribution in [3.63, 3.8) is 0 Å². The highest BCUT2D eigenvalue weighted by Crippen LogP contribution is 2.25. The summed E-state index contributed by atoms with van der Waals surface area (Å²) in [6.45, 7) is 4.96. The molecule has 0 aliphatic carbocycles. The van der Waals surface area contributed by atoms with Crippen LogP contribution < -0.4 is 15.8 Å². The number of aliphatic hydroxyl groups is 1. The van der Waals surface area contributed by atoms with Crippen molar-refractivity contribution in [2.24, 2.45) is 5.92 Å². The normalized spacial score (nSPS) is 14.0. The van der Waals surface area contributed by atoms with Crippen molar-refractivity contribution >= 4 is 15.7 Å². The van der Waals surface area contributed by atoms with Crippen molar-refractivity contribution < 1.29 is 13.5 Å². The molecule has 6 nitrogen and oxygen atoms in total. The molecule has 154 valence electrons. The summed E-state index contributed by atoms with van der Waals surface area (Å²) in [6.07, 6.45) is 0.700. The molecule has 0 spiro atoms. The van der Waals surface area contributed by atoms with Gasteiger partial charge >= 0.3 is 0 Å². The maximum absolute atomic E-state index is 12.8. The van der Waals surface area contributed by atoms with E-state index in [-0.39, 0.29) is 18.0 Å². The smallest absolute Gasteiger partial charge is 0.241 e. The fraction of sp³-hybridized carbons (Fsp3) is 0.429. The van der Waals surface area contributed by atoms with E-state index < -0.39 is 16.1 Å². The highest BCUT2D eigenvalue weighted by molar-refractivity contribution is 7.89. The molecular weight excluding hydrogens is 374 g/mol. The third-order valence-corrected chi connectivity index (χ3v) is 6.28. The van der Waals surface area contributed by atoms with E-state index in [4.69, 9.17) is 5.73 Å². The SMILES string of the molecule is CCC(C)Cc1c(N)cccc1S(=O)(=O)NC[C@H](O)CNCc1ccccc1. The minimum Gasteiger partial charge on any atom is -0.398 e. The lowest BCUT2D eigenvalue weighted by Crippen LogP contribution is -2.38. The predicted octanol–water partition coefficient (Wildman–Crippen LogP) is 2.29. The molecule has 0 saturated carbocycles. The van der Waals surface area contributed by atoms with Gasteiger partial charge in [-0.25, -0.2) is 13.1 Å². The summed E-state index contributed by atoms with van der Waals surface area (Å²) >= 11 is 0. The number of anilines is 1. The molecule has 0 heterocycles. The molecule has 0 aromatic heterocycles. The van der Waals surface area contributed by atoms with Gasteiger partial charge in [-0.3, -0.25) is 0 Å². The molecule has 2 rings (SSSR count). The Morgan fingerprint density at radius 3 is 2.46 bits per heavy atom. The van der Waals surface area contributed by atoms with Crippen LogP contribution in [0.15, 0.2) is 53.4 Å². The maximum Gasteiger partial charge on any atom is 0.241 e. The number of nitrogens with one attached hydrogen (secondary N) is 2. The zero-order chi connectivity index (χ0) is 20.6. The van der Waals surface area contributed by atoms with Crippen LogP contribution in [0.1, 0.15) is 31.4 Å².